The van der Waals surface area contributed by atoms with Crippen LogP contribution in [-0.2, 0) is 5.88 Å². The Morgan fingerprint density at radius 1 is 1.17 bits per heavy atom. The lowest BCUT2D eigenvalue weighted by molar-refractivity contribution is 1.05. The van der Waals surface area contributed by atoms with E-state index >= 15 is 0 Å². The molecule has 4 nitrogen and oxygen atoms in total. The van der Waals surface area contributed by atoms with E-state index in [1.807, 2.05) is 36.6 Å². The van der Waals surface area contributed by atoms with E-state index in [1.165, 1.54) is 0 Å². The maximum Gasteiger partial charge on any atom is 0.221 e. The second-order valence-corrected chi connectivity index (χ2v) is 6.68. The molecule has 3 aromatic heterocycles. The number of nitrogens with zero attached hydrogens (tertiary/aromatic N) is 4. The second kappa shape index (κ2) is 5.50. The number of rotatable bonds is 2. The van der Waals surface area contributed by atoms with Crippen LogP contribution >= 0.6 is 23.2 Å². The lowest BCUT2D eigenvalue weighted by Gasteiger charge is -2.11. The topological polar surface area (TPSA) is 35.1 Å². The number of alkyl halides is 1. The Labute approximate surface area is 149 Å². The molecule has 4 aromatic rings. The van der Waals surface area contributed by atoms with Crippen molar-refractivity contribution < 1.29 is 0 Å². The van der Waals surface area contributed by atoms with Crippen LogP contribution in [0.15, 0.2) is 30.5 Å². The summed E-state index contributed by atoms with van der Waals surface area (Å²) in [4.78, 5) is 9.32. The van der Waals surface area contributed by atoms with Gasteiger partial charge >= 0.3 is 0 Å². The van der Waals surface area contributed by atoms with Gasteiger partial charge < -0.3 is 0 Å². The molecule has 1 aromatic carbocycles. The first-order valence-electron chi connectivity index (χ1n) is 7.69. The van der Waals surface area contributed by atoms with Crippen LogP contribution in [0.3, 0.4) is 0 Å². The number of aromatic nitrogens is 4. The molecular formula is C18H16Cl2N4. The van der Waals surface area contributed by atoms with Crippen LogP contribution in [0, 0.1) is 20.8 Å². The van der Waals surface area contributed by atoms with Gasteiger partial charge in [-0.05, 0) is 50.1 Å². The van der Waals surface area contributed by atoms with Crippen molar-refractivity contribution in [2.75, 3.05) is 0 Å². The predicted molar refractivity (Wildman–Crippen MR) is 98.6 cm³/mol. The molecule has 0 unspecified atom stereocenters. The van der Waals surface area contributed by atoms with E-state index in [0.29, 0.717) is 10.9 Å². The third-order valence-corrected chi connectivity index (χ3v) is 4.86. The molecule has 0 amide bonds. The molecule has 0 saturated heterocycles. The van der Waals surface area contributed by atoms with Crippen LogP contribution in [0.2, 0.25) is 5.02 Å². The molecule has 0 fully saturated rings. The molecule has 3 heterocycles. The molecule has 0 bridgehead atoms. The van der Waals surface area contributed by atoms with E-state index in [-0.39, 0.29) is 0 Å². The van der Waals surface area contributed by atoms with Gasteiger partial charge in [0.25, 0.3) is 0 Å². The summed E-state index contributed by atoms with van der Waals surface area (Å²) in [5.41, 5.74) is 6.80. The van der Waals surface area contributed by atoms with Crippen molar-refractivity contribution in [2.45, 2.75) is 26.7 Å². The molecule has 24 heavy (non-hydrogen) atoms. The van der Waals surface area contributed by atoms with E-state index in [4.69, 9.17) is 28.2 Å². The van der Waals surface area contributed by atoms with Gasteiger partial charge in [-0.1, -0.05) is 17.7 Å². The van der Waals surface area contributed by atoms with Crippen molar-refractivity contribution in [1.29, 1.82) is 0 Å². The van der Waals surface area contributed by atoms with Crippen LogP contribution in [-0.4, -0.2) is 18.9 Å². The summed E-state index contributed by atoms with van der Waals surface area (Å²) < 4.78 is 4.09. The van der Waals surface area contributed by atoms with E-state index in [1.54, 1.807) is 6.20 Å². The number of imidazole rings is 2. The average Bonchev–Trinajstić information content (AvgIpc) is 3.01. The Morgan fingerprint density at radius 3 is 2.67 bits per heavy atom. The third-order valence-electron chi connectivity index (χ3n) is 4.32. The summed E-state index contributed by atoms with van der Waals surface area (Å²) in [6.07, 6.45) is 1.78. The van der Waals surface area contributed by atoms with Crippen LogP contribution in [0.5, 0.6) is 0 Å². The summed E-state index contributed by atoms with van der Waals surface area (Å²) in [5, 5.41) is 0.686. The molecular weight excluding hydrogens is 343 g/mol. The Kier molecular flexibility index (Phi) is 3.55. The van der Waals surface area contributed by atoms with E-state index in [2.05, 4.69) is 22.4 Å². The molecule has 0 atom stereocenters. The standard InChI is InChI=1S/C18H16Cl2N4/c1-10-7-11(2)16(13(20)8-10)24-17-14(5-4-6-21-17)23-15(9-19)12(3)22-18(23)24/h4-8H,9H2,1-3H3. The highest BCUT2D eigenvalue weighted by molar-refractivity contribution is 6.32. The van der Waals surface area contributed by atoms with Crippen LogP contribution in [0.4, 0.5) is 0 Å². The van der Waals surface area contributed by atoms with Crippen molar-refractivity contribution in [3.05, 3.63) is 58.0 Å². The Balaban J connectivity index is 2.23. The number of fused-ring (bicyclic) bond motifs is 3. The van der Waals surface area contributed by atoms with E-state index in [9.17, 15) is 0 Å². The van der Waals surface area contributed by atoms with Gasteiger partial charge in [0.1, 0.15) is 0 Å². The van der Waals surface area contributed by atoms with Gasteiger partial charge in [0.05, 0.1) is 33.5 Å². The SMILES string of the molecule is Cc1cc(C)c(-n2c3ncccc3n3c(CCl)c(C)nc23)c(Cl)c1. The molecule has 0 aliphatic heterocycles. The van der Waals surface area contributed by atoms with E-state index < -0.39 is 0 Å². The Hall–Kier alpha value is -2.04. The van der Waals surface area contributed by atoms with Gasteiger partial charge in [0, 0.05) is 6.20 Å². The molecule has 6 heteroatoms. The minimum absolute atomic E-state index is 0.390. The van der Waals surface area contributed by atoms with Crippen LogP contribution in [0.1, 0.15) is 22.5 Å². The third kappa shape index (κ3) is 2.06. The molecule has 122 valence electrons. The van der Waals surface area contributed by atoms with Gasteiger partial charge in [-0.15, -0.1) is 11.6 Å². The molecule has 0 N–H and O–H groups in total. The first-order valence-corrected chi connectivity index (χ1v) is 8.60. The van der Waals surface area contributed by atoms with Gasteiger partial charge in [-0.3, -0.25) is 8.97 Å². The Morgan fingerprint density at radius 2 is 1.96 bits per heavy atom. The van der Waals surface area contributed by atoms with Crippen molar-refractivity contribution in [3.8, 4) is 5.69 Å². The normalized spacial score (nSPS) is 11.7. The second-order valence-electron chi connectivity index (χ2n) is 6.01. The molecule has 4 rings (SSSR count). The largest absolute Gasteiger partial charge is 0.277 e. The van der Waals surface area contributed by atoms with Crippen LogP contribution < -0.4 is 0 Å². The summed E-state index contributed by atoms with van der Waals surface area (Å²) >= 11 is 12.8. The lowest BCUT2D eigenvalue weighted by atomic mass is 10.1. The summed E-state index contributed by atoms with van der Waals surface area (Å²) in [6.45, 7) is 6.06. The molecule has 0 aliphatic rings. The van der Waals surface area contributed by atoms with Crippen LogP contribution in [0.25, 0.3) is 22.6 Å². The highest BCUT2D eigenvalue weighted by Gasteiger charge is 2.21. The first kappa shape index (κ1) is 15.5. The quantitative estimate of drug-likeness (QED) is 0.473. The maximum atomic E-state index is 6.60. The van der Waals surface area contributed by atoms with Gasteiger partial charge in [0.2, 0.25) is 5.78 Å². The minimum Gasteiger partial charge on any atom is -0.277 e. The molecule has 0 aliphatic carbocycles. The molecule has 0 saturated carbocycles. The Bertz CT molecular complexity index is 1070. The zero-order valence-electron chi connectivity index (χ0n) is 13.6. The van der Waals surface area contributed by atoms with Gasteiger partial charge in [-0.2, -0.15) is 0 Å². The number of hydrogen-bond acceptors (Lipinski definition) is 2. The minimum atomic E-state index is 0.390. The van der Waals surface area contributed by atoms with Crippen molar-refractivity contribution >= 4 is 40.1 Å². The molecule has 0 radical (unpaired) electrons. The predicted octanol–water partition coefficient (Wildman–Crippen LogP) is 4.99. The van der Waals surface area contributed by atoms with E-state index in [0.717, 1.165) is 45.1 Å². The summed E-state index contributed by atoms with van der Waals surface area (Å²) in [5.74, 6) is 1.17. The number of benzene rings is 1. The van der Waals surface area contributed by atoms with Gasteiger partial charge in [-0.25, -0.2) is 9.97 Å². The summed E-state index contributed by atoms with van der Waals surface area (Å²) in [7, 11) is 0. The fourth-order valence-electron chi connectivity index (χ4n) is 3.33. The first-order chi connectivity index (χ1) is 11.5. The fourth-order valence-corrected chi connectivity index (χ4v) is 4.05. The number of aryl methyl sites for hydroxylation is 3. The number of hydrogen-bond donors (Lipinski definition) is 0. The maximum absolute atomic E-state index is 6.60. The number of halogens is 2. The van der Waals surface area contributed by atoms with Crippen molar-refractivity contribution in [2.24, 2.45) is 0 Å². The summed E-state index contributed by atoms with van der Waals surface area (Å²) in [6, 6.07) is 8.03. The smallest absolute Gasteiger partial charge is 0.221 e. The van der Waals surface area contributed by atoms with Crippen molar-refractivity contribution in [1.82, 2.24) is 18.9 Å². The van der Waals surface area contributed by atoms with Gasteiger partial charge in [0.15, 0.2) is 5.65 Å². The average molecular weight is 359 g/mol. The monoisotopic (exact) mass is 358 g/mol. The fraction of sp³-hybridized carbons (Fsp3) is 0.222. The molecule has 0 spiro atoms. The zero-order chi connectivity index (χ0) is 17.0. The zero-order valence-corrected chi connectivity index (χ0v) is 15.2. The lowest BCUT2D eigenvalue weighted by Crippen LogP contribution is -2.01. The number of pyridine rings is 1. The highest BCUT2D eigenvalue weighted by Crippen LogP contribution is 2.32. The van der Waals surface area contributed by atoms with Crippen molar-refractivity contribution in [3.63, 3.8) is 0 Å². The highest BCUT2D eigenvalue weighted by atomic mass is 35.5.